The molecule has 30 heavy (non-hydrogen) atoms. The van der Waals surface area contributed by atoms with E-state index in [1.807, 2.05) is 17.7 Å². The molecule has 0 spiro atoms. The van der Waals surface area contributed by atoms with Gasteiger partial charge in [0.1, 0.15) is 5.52 Å². The topological polar surface area (TPSA) is 111 Å². The molecule has 1 amide bonds. The number of hydrogen-bond acceptors (Lipinski definition) is 8. The fourth-order valence-corrected chi connectivity index (χ4v) is 4.61. The number of amides is 1. The van der Waals surface area contributed by atoms with Gasteiger partial charge in [-0.25, -0.2) is 14.9 Å². The molecule has 1 aliphatic rings. The molecule has 0 saturated heterocycles. The second-order valence-corrected chi connectivity index (χ2v) is 8.51. The van der Waals surface area contributed by atoms with Crippen LogP contribution in [-0.2, 0) is 16.2 Å². The Morgan fingerprint density at radius 2 is 2.27 bits per heavy atom. The average Bonchev–Trinajstić information content (AvgIpc) is 3.12. The van der Waals surface area contributed by atoms with Crippen LogP contribution in [-0.4, -0.2) is 44.4 Å². The number of imidazole rings is 1. The van der Waals surface area contributed by atoms with Crippen molar-refractivity contribution in [3.05, 3.63) is 30.2 Å². The normalized spacial score (nSPS) is 15.9. The standard InChI is InChI=1S/C19H22FN5O4S/c1-11(3-8-29-27)12-14-13(16(28-2)23-15(12)20)22-18(30-14)24-17(26)19(4-5-19)9-25-7-6-21-10-25/h6-7,10-11,27H,3-5,8-9H2,1-2H3,(H,22,24,26). The zero-order valence-corrected chi connectivity index (χ0v) is 17.4. The number of pyridine rings is 1. The SMILES string of the molecule is COc1nc(F)c(C(C)CCOO)c2sc(NC(=O)C3(Cn4ccnc4)CC3)nc12. The predicted octanol–water partition coefficient (Wildman–Crippen LogP) is 3.44. The number of halogens is 1. The van der Waals surface area contributed by atoms with Crippen molar-refractivity contribution in [2.45, 2.75) is 38.6 Å². The third-order valence-corrected chi connectivity index (χ3v) is 6.43. The number of methoxy groups -OCH3 is 1. The van der Waals surface area contributed by atoms with Crippen molar-refractivity contribution in [1.82, 2.24) is 19.5 Å². The van der Waals surface area contributed by atoms with Crippen molar-refractivity contribution in [1.29, 1.82) is 0 Å². The van der Waals surface area contributed by atoms with Crippen LogP contribution in [0.5, 0.6) is 5.88 Å². The third-order valence-electron chi connectivity index (χ3n) is 5.42. The minimum Gasteiger partial charge on any atom is -0.479 e. The molecule has 1 aliphatic carbocycles. The Balaban J connectivity index is 1.63. The Kier molecular flexibility index (Phi) is 5.67. The quantitative estimate of drug-likeness (QED) is 0.301. The highest BCUT2D eigenvalue weighted by atomic mass is 32.1. The minimum atomic E-state index is -0.662. The number of fused-ring (bicyclic) bond motifs is 1. The number of nitrogens with one attached hydrogen (secondary N) is 1. The molecule has 0 bridgehead atoms. The number of carbonyl (C=O) groups excluding carboxylic acids is 1. The van der Waals surface area contributed by atoms with Gasteiger partial charge in [-0.3, -0.25) is 10.1 Å². The van der Waals surface area contributed by atoms with Gasteiger partial charge >= 0.3 is 0 Å². The number of aromatic nitrogens is 4. The molecule has 1 saturated carbocycles. The number of rotatable bonds is 9. The van der Waals surface area contributed by atoms with Gasteiger partial charge in [0.15, 0.2) is 5.13 Å². The lowest BCUT2D eigenvalue weighted by Crippen LogP contribution is -2.28. The Morgan fingerprint density at radius 1 is 1.47 bits per heavy atom. The van der Waals surface area contributed by atoms with E-state index in [0.29, 0.717) is 33.9 Å². The van der Waals surface area contributed by atoms with Crippen LogP contribution in [0.15, 0.2) is 18.7 Å². The lowest BCUT2D eigenvalue weighted by molar-refractivity contribution is -0.243. The Bertz CT molecular complexity index is 1050. The summed E-state index contributed by atoms with van der Waals surface area (Å²) in [6.45, 7) is 2.42. The zero-order valence-electron chi connectivity index (χ0n) is 16.6. The maximum atomic E-state index is 14.7. The van der Waals surface area contributed by atoms with Crippen molar-refractivity contribution in [2.75, 3.05) is 19.0 Å². The summed E-state index contributed by atoms with van der Waals surface area (Å²) in [6, 6.07) is 0. The summed E-state index contributed by atoms with van der Waals surface area (Å²) in [4.78, 5) is 29.4. The first-order chi connectivity index (χ1) is 14.5. The molecule has 3 aromatic rings. The van der Waals surface area contributed by atoms with Crippen LogP contribution >= 0.6 is 11.3 Å². The largest absolute Gasteiger partial charge is 0.479 e. The number of anilines is 1. The molecule has 1 fully saturated rings. The molecule has 0 aromatic carbocycles. The maximum Gasteiger partial charge on any atom is 0.243 e. The lowest BCUT2D eigenvalue weighted by atomic mass is 9.99. The highest BCUT2D eigenvalue weighted by molar-refractivity contribution is 7.22. The summed E-state index contributed by atoms with van der Waals surface area (Å²) in [5, 5.41) is 11.9. The lowest BCUT2D eigenvalue weighted by Gasteiger charge is -2.14. The molecule has 2 N–H and O–H groups in total. The first-order valence-corrected chi connectivity index (χ1v) is 10.4. The summed E-state index contributed by atoms with van der Waals surface area (Å²) < 4.78 is 22.4. The number of carbonyl (C=O) groups is 1. The smallest absolute Gasteiger partial charge is 0.243 e. The Morgan fingerprint density at radius 3 is 2.90 bits per heavy atom. The zero-order chi connectivity index (χ0) is 21.3. The van der Waals surface area contributed by atoms with Crippen LogP contribution in [0.25, 0.3) is 10.2 Å². The van der Waals surface area contributed by atoms with Crippen molar-refractivity contribution < 1.29 is 24.1 Å². The number of thiazole rings is 1. The van der Waals surface area contributed by atoms with E-state index in [-0.39, 0.29) is 24.3 Å². The van der Waals surface area contributed by atoms with Crippen LogP contribution in [0.1, 0.15) is 37.7 Å². The number of nitrogens with zero attached hydrogens (tertiary/aromatic N) is 4. The van der Waals surface area contributed by atoms with Crippen LogP contribution in [0.4, 0.5) is 9.52 Å². The monoisotopic (exact) mass is 435 g/mol. The van der Waals surface area contributed by atoms with E-state index < -0.39 is 11.4 Å². The van der Waals surface area contributed by atoms with Gasteiger partial charge in [-0.2, -0.15) is 9.37 Å². The fourth-order valence-electron chi connectivity index (χ4n) is 3.51. The van der Waals surface area contributed by atoms with Gasteiger partial charge in [0, 0.05) is 24.5 Å². The van der Waals surface area contributed by atoms with Crippen molar-refractivity contribution in [3.8, 4) is 5.88 Å². The first kappa shape index (κ1) is 20.6. The predicted molar refractivity (Wildman–Crippen MR) is 108 cm³/mol. The van der Waals surface area contributed by atoms with Gasteiger partial charge in [0.25, 0.3) is 0 Å². The van der Waals surface area contributed by atoms with Crippen molar-refractivity contribution >= 4 is 32.6 Å². The molecule has 4 rings (SSSR count). The fraction of sp³-hybridized carbons (Fsp3) is 0.474. The second-order valence-electron chi connectivity index (χ2n) is 7.51. The number of hydrogen-bond donors (Lipinski definition) is 2. The van der Waals surface area contributed by atoms with E-state index in [2.05, 4.69) is 25.2 Å². The summed E-state index contributed by atoms with van der Waals surface area (Å²) >= 11 is 1.18. The summed E-state index contributed by atoms with van der Waals surface area (Å²) in [7, 11) is 1.39. The van der Waals surface area contributed by atoms with Crippen LogP contribution in [0.3, 0.4) is 0 Å². The van der Waals surface area contributed by atoms with E-state index in [1.165, 1.54) is 18.4 Å². The maximum absolute atomic E-state index is 14.7. The van der Waals surface area contributed by atoms with Gasteiger partial charge < -0.3 is 14.6 Å². The molecule has 1 atom stereocenters. The van der Waals surface area contributed by atoms with Crippen LogP contribution in [0, 0.1) is 11.4 Å². The van der Waals surface area contributed by atoms with Gasteiger partial charge in [0.05, 0.1) is 30.2 Å². The molecule has 11 heteroatoms. The van der Waals surface area contributed by atoms with Crippen molar-refractivity contribution in [2.24, 2.45) is 5.41 Å². The Hall–Kier alpha value is -2.63. The molecule has 9 nitrogen and oxygen atoms in total. The molecule has 3 aromatic heterocycles. The average molecular weight is 435 g/mol. The van der Waals surface area contributed by atoms with E-state index in [0.717, 1.165) is 12.8 Å². The first-order valence-electron chi connectivity index (χ1n) is 9.55. The molecule has 0 radical (unpaired) electrons. The molecular weight excluding hydrogens is 413 g/mol. The van der Waals surface area contributed by atoms with E-state index >= 15 is 0 Å². The van der Waals surface area contributed by atoms with E-state index in [4.69, 9.17) is 9.99 Å². The molecule has 160 valence electrons. The molecule has 3 heterocycles. The molecule has 1 unspecified atom stereocenters. The number of ether oxygens (including phenoxy) is 1. The third kappa shape index (κ3) is 3.87. The van der Waals surface area contributed by atoms with Gasteiger partial charge in [-0.1, -0.05) is 18.3 Å². The van der Waals surface area contributed by atoms with Crippen LogP contribution < -0.4 is 10.1 Å². The Labute approximate surface area is 175 Å². The minimum absolute atomic E-state index is 0.0628. The summed E-state index contributed by atoms with van der Waals surface area (Å²) in [5.74, 6) is -0.998. The second kappa shape index (κ2) is 8.25. The highest BCUT2D eigenvalue weighted by Gasteiger charge is 2.50. The van der Waals surface area contributed by atoms with Gasteiger partial charge in [-0.15, -0.1) is 0 Å². The van der Waals surface area contributed by atoms with Gasteiger partial charge in [-0.05, 0) is 25.2 Å². The van der Waals surface area contributed by atoms with E-state index in [1.54, 1.807) is 12.5 Å². The molecular formula is C19H22FN5O4S. The molecule has 0 aliphatic heterocycles. The van der Waals surface area contributed by atoms with Crippen molar-refractivity contribution in [3.63, 3.8) is 0 Å². The van der Waals surface area contributed by atoms with Gasteiger partial charge in [0.2, 0.25) is 17.7 Å². The van der Waals surface area contributed by atoms with E-state index in [9.17, 15) is 9.18 Å². The summed E-state index contributed by atoms with van der Waals surface area (Å²) in [5.41, 5.74) is 0.270. The van der Waals surface area contributed by atoms with Crippen LogP contribution in [0.2, 0.25) is 0 Å². The summed E-state index contributed by atoms with van der Waals surface area (Å²) in [6.07, 6.45) is 7.15. The highest BCUT2D eigenvalue weighted by Crippen LogP contribution is 2.48.